The number of piperidine rings is 1. The molecule has 0 amide bonds. The van der Waals surface area contributed by atoms with Crippen molar-refractivity contribution in [2.75, 3.05) is 36.9 Å². The predicted molar refractivity (Wildman–Crippen MR) is 123 cm³/mol. The first-order chi connectivity index (χ1) is 15.2. The Hall–Kier alpha value is -2.25. The van der Waals surface area contributed by atoms with Crippen molar-refractivity contribution in [2.45, 2.75) is 63.3 Å². The van der Waals surface area contributed by atoms with Crippen LogP contribution in [-0.2, 0) is 0 Å². The molecule has 3 heterocycles. The van der Waals surface area contributed by atoms with E-state index in [2.05, 4.69) is 37.6 Å². The Morgan fingerprint density at radius 1 is 0.968 bits per heavy atom. The lowest BCUT2D eigenvalue weighted by Crippen LogP contribution is -2.34. The normalized spacial score (nSPS) is 21.1. The van der Waals surface area contributed by atoms with Crippen LogP contribution in [0.5, 0.6) is 0 Å². The Kier molecular flexibility index (Phi) is 6.05. The van der Waals surface area contributed by atoms with Crippen LogP contribution in [0.1, 0.15) is 68.5 Å². The molecule has 2 aromatic heterocycles. The highest BCUT2D eigenvalue weighted by atomic mass is 16.3. The lowest BCUT2D eigenvalue weighted by molar-refractivity contribution is 0.204. The van der Waals surface area contributed by atoms with Crippen molar-refractivity contribution >= 4 is 17.5 Å². The minimum absolute atomic E-state index is 0.0476. The van der Waals surface area contributed by atoms with Gasteiger partial charge in [0.2, 0.25) is 0 Å². The van der Waals surface area contributed by atoms with Crippen LogP contribution in [0.4, 0.5) is 17.5 Å². The van der Waals surface area contributed by atoms with Crippen molar-refractivity contribution < 1.29 is 5.11 Å². The summed E-state index contributed by atoms with van der Waals surface area (Å²) in [6, 6.07) is 4.26. The van der Waals surface area contributed by atoms with E-state index < -0.39 is 0 Å². The van der Waals surface area contributed by atoms with Gasteiger partial charge in [0.05, 0.1) is 24.7 Å². The van der Waals surface area contributed by atoms with Gasteiger partial charge in [0, 0.05) is 18.5 Å². The number of aliphatic hydroxyl groups excluding tert-OH is 1. The number of nitrogens with one attached hydrogen (secondary N) is 2. The average molecular weight is 423 g/mol. The second kappa shape index (κ2) is 9.09. The zero-order valence-corrected chi connectivity index (χ0v) is 18.4. The summed E-state index contributed by atoms with van der Waals surface area (Å²) in [5.41, 5.74) is 2.39. The molecule has 1 aliphatic heterocycles. The van der Waals surface area contributed by atoms with Gasteiger partial charge in [0.1, 0.15) is 17.5 Å². The van der Waals surface area contributed by atoms with Crippen LogP contribution in [0.25, 0.3) is 0 Å². The van der Waals surface area contributed by atoms with E-state index in [1.165, 1.54) is 63.7 Å². The van der Waals surface area contributed by atoms with Gasteiger partial charge < -0.3 is 20.6 Å². The number of pyridine rings is 1. The second-order valence-corrected chi connectivity index (χ2v) is 9.64. The molecule has 3 N–H and O–H groups in total. The van der Waals surface area contributed by atoms with Crippen molar-refractivity contribution in [1.29, 1.82) is 0 Å². The highest BCUT2D eigenvalue weighted by Gasteiger charge is 2.28. The zero-order chi connectivity index (χ0) is 21.2. The van der Waals surface area contributed by atoms with Crippen molar-refractivity contribution in [3.63, 3.8) is 0 Å². The Morgan fingerprint density at radius 3 is 2.39 bits per heavy atom. The highest BCUT2D eigenvalue weighted by Crippen LogP contribution is 2.39. The lowest BCUT2D eigenvalue weighted by Gasteiger charge is -2.32. The van der Waals surface area contributed by atoms with E-state index in [-0.39, 0.29) is 12.6 Å². The van der Waals surface area contributed by atoms with Gasteiger partial charge in [-0.1, -0.05) is 0 Å². The summed E-state index contributed by atoms with van der Waals surface area (Å²) in [5.74, 6) is 4.38. The molecule has 31 heavy (non-hydrogen) atoms. The van der Waals surface area contributed by atoms with Crippen LogP contribution in [0.2, 0.25) is 0 Å². The van der Waals surface area contributed by atoms with Crippen LogP contribution in [0.3, 0.4) is 0 Å². The number of hydrogen-bond donors (Lipinski definition) is 3. The van der Waals surface area contributed by atoms with E-state index >= 15 is 0 Å². The van der Waals surface area contributed by atoms with E-state index in [4.69, 9.17) is 4.98 Å². The SMILES string of the molecule is C[C@@H](CO)Nc1cc(C2CCN(CC3CC3)CC2)cc(Nc2cnc(C3CC3)cn2)n1. The minimum atomic E-state index is -0.0476. The average Bonchev–Trinajstić information content (AvgIpc) is 3.69. The summed E-state index contributed by atoms with van der Waals surface area (Å²) in [7, 11) is 0. The molecule has 0 aromatic carbocycles. The fraction of sp³-hybridized carbons (Fsp3) is 0.625. The van der Waals surface area contributed by atoms with Crippen molar-refractivity contribution in [2.24, 2.45) is 5.92 Å². The summed E-state index contributed by atoms with van der Waals surface area (Å²) in [4.78, 5) is 16.5. The Bertz CT molecular complexity index is 872. The maximum atomic E-state index is 9.47. The summed E-state index contributed by atoms with van der Waals surface area (Å²) < 4.78 is 0. The van der Waals surface area contributed by atoms with Gasteiger partial charge in [-0.05, 0) is 88.1 Å². The molecule has 3 fully saturated rings. The van der Waals surface area contributed by atoms with E-state index in [0.717, 1.165) is 29.1 Å². The molecule has 0 bridgehead atoms. The van der Waals surface area contributed by atoms with Crippen molar-refractivity contribution in [3.8, 4) is 0 Å². The van der Waals surface area contributed by atoms with Gasteiger partial charge in [-0.15, -0.1) is 0 Å². The topological polar surface area (TPSA) is 86.2 Å². The summed E-state index contributed by atoms with van der Waals surface area (Å²) in [6.45, 7) is 5.67. The third-order valence-electron chi connectivity index (χ3n) is 6.71. The molecule has 1 saturated heterocycles. The maximum absolute atomic E-state index is 9.47. The summed E-state index contributed by atoms with van der Waals surface area (Å²) >= 11 is 0. The zero-order valence-electron chi connectivity index (χ0n) is 18.4. The van der Waals surface area contributed by atoms with E-state index in [1.807, 2.05) is 19.3 Å². The molecule has 5 rings (SSSR count). The number of rotatable bonds is 9. The van der Waals surface area contributed by atoms with Crippen LogP contribution in [0, 0.1) is 5.92 Å². The number of hydrogen-bond acceptors (Lipinski definition) is 7. The molecule has 7 nitrogen and oxygen atoms in total. The monoisotopic (exact) mass is 422 g/mol. The van der Waals surface area contributed by atoms with Crippen molar-refractivity contribution in [1.82, 2.24) is 19.9 Å². The number of aliphatic hydroxyl groups is 1. The molecule has 2 aromatic rings. The number of aromatic nitrogens is 3. The van der Waals surface area contributed by atoms with Gasteiger partial charge in [-0.3, -0.25) is 4.98 Å². The largest absolute Gasteiger partial charge is 0.394 e. The molecule has 2 aliphatic carbocycles. The molecule has 166 valence electrons. The van der Waals surface area contributed by atoms with Crippen LogP contribution >= 0.6 is 0 Å². The first-order valence-electron chi connectivity index (χ1n) is 11.9. The van der Waals surface area contributed by atoms with Crippen LogP contribution < -0.4 is 10.6 Å². The number of anilines is 3. The van der Waals surface area contributed by atoms with E-state index in [0.29, 0.717) is 11.8 Å². The van der Waals surface area contributed by atoms with Crippen LogP contribution in [0.15, 0.2) is 24.5 Å². The first-order valence-corrected chi connectivity index (χ1v) is 11.9. The summed E-state index contributed by atoms with van der Waals surface area (Å²) in [6.07, 6.45) is 11.3. The Balaban J connectivity index is 1.31. The lowest BCUT2D eigenvalue weighted by atomic mass is 9.89. The Labute approximate surface area is 184 Å². The van der Waals surface area contributed by atoms with E-state index in [1.54, 1.807) is 0 Å². The third-order valence-corrected chi connectivity index (χ3v) is 6.71. The highest BCUT2D eigenvalue weighted by molar-refractivity contribution is 5.56. The smallest absolute Gasteiger partial charge is 0.150 e. The van der Waals surface area contributed by atoms with Gasteiger partial charge in [-0.25, -0.2) is 9.97 Å². The third kappa shape index (κ3) is 5.52. The second-order valence-electron chi connectivity index (χ2n) is 9.64. The quantitative estimate of drug-likeness (QED) is 0.565. The fourth-order valence-electron chi connectivity index (χ4n) is 4.46. The Morgan fingerprint density at radius 2 is 1.74 bits per heavy atom. The summed E-state index contributed by atoms with van der Waals surface area (Å²) in [5, 5.41) is 16.1. The van der Waals surface area contributed by atoms with Crippen LogP contribution in [-0.4, -0.2) is 57.2 Å². The first kappa shape index (κ1) is 20.6. The molecule has 2 saturated carbocycles. The van der Waals surface area contributed by atoms with Gasteiger partial charge in [-0.2, -0.15) is 0 Å². The standard InChI is InChI=1S/C24H34N6O/c1-16(15-31)27-22-10-20(18-6-8-30(9-7-18)14-17-2-3-17)11-23(28-22)29-24-13-25-21(12-26-24)19-4-5-19/h10-13,16-19,31H,2-9,14-15H2,1H3,(H2,26,27,28,29)/t16-/m0/s1. The molecule has 0 radical (unpaired) electrons. The molecule has 0 spiro atoms. The molecule has 0 unspecified atom stereocenters. The fourth-order valence-corrected chi connectivity index (χ4v) is 4.46. The molecule has 3 aliphatic rings. The van der Waals surface area contributed by atoms with Gasteiger partial charge >= 0.3 is 0 Å². The molecule has 7 heteroatoms. The molecule has 1 atom stereocenters. The predicted octanol–water partition coefficient (Wildman–Crippen LogP) is 3.87. The van der Waals surface area contributed by atoms with Gasteiger partial charge in [0.25, 0.3) is 0 Å². The number of nitrogens with zero attached hydrogens (tertiary/aromatic N) is 4. The minimum Gasteiger partial charge on any atom is -0.394 e. The number of likely N-dealkylation sites (tertiary alicyclic amines) is 1. The van der Waals surface area contributed by atoms with Gasteiger partial charge in [0.15, 0.2) is 0 Å². The maximum Gasteiger partial charge on any atom is 0.150 e. The molecular weight excluding hydrogens is 388 g/mol. The van der Waals surface area contributed by atoms with Crippen molar-refractivity contribution in [3.05, 3.63) is 35.8 Å². The van der Waals surface area contributed by atoms with E-state index in [9.17, 15) is 5.11 Å². The molecular formula is C24H34N6O.